The molecule has 0 fully saturated rings. The molecule has 1 aromatic heterocycles. The van der Waals surface area contributed by atoms with Gasteiger partial charge in [0.25, 0.3) is 0 Å². The SMILES string of the molecule is CC(=O)C(C(C)=O)c1ncccc1C(=O)O. The van der Waals surface area contributed by atoms with Crippen molar-refractivity contribution in [2.45, 2.75) is 19.8 Å². The molecule has 5 nitrogen and oxygen atoms in total. The van der Waals surface area contributed by atoms with Crippen LogP contribution in [0.15, 0.2) is 18.3 Å². The molecule has 0 aliphatic carbocycles. The summed E-state index contributed by atoms with van der Waals surface area (Å²) in [6.07, 6.45) is 1.36. The van der Waals surface area contributed by atoms with Crippen molar-refractivity contribution in [3.63, 3.8) is 0 Å². The third-order valence-corrected chi connectivity index (χ3v) is 2.16. The fourth-order valence-electron chi connectivity index (χ4n) is 1.50. The van der Waals surface area contributed by atoms with Gasteiger partial charge in [-0.05, 0) is 26.0 Å². The van der Waals surface area contributed by atoms with Gasteiger partial charge < -0.3 is 5.11 Å². The largest absolute Gasteiger partial charge is 0.478 e. The molecule has 1 rings (SSSR count). The van der Waals surface area contributed by atoms with E-state index >= 15 is 0 Å². The van der Waals surface area contributed by atoms with Crippen LogP contribution in [0.5, 0.6) is 0 Å². The van der Waals surface area contributed by atoms with E-state index in [1.165, 1.54) is 32.2 Å². The van der Waals surface area contributed by atoms with Crippen molar-refractivity contribution < 1.29 is 19.5 Å². The first-order valence-electron chi connectivity index (χ1n) is 4.64. The third kappa shape index (κ3) is 2.31. The van der Waals surface area contributed by atoms with E-state index in [0.29, 0.717) is 0 Å². The van der Waals surface area contributed by atoms with E-state index in [4.69, 9.17) is 5.11 Å². The van der Waals surface area contributed by atoms with E-state index in [1.807, 2.05) is 0 Å². The first-order valence-corrected chi connectivity index (χ1v) is 4.64. The molecular weight excluding hydrogens is 210 g/mol. The van der Waals surface area contributed by atoms with Crippen LogP contribution in [0.3, 0.4) is 0 Å². The Kier molecular flexibility index (Phi) is 3.50. The average Bonchev–Trinajstić information content (AvgIpc) is 2.17. The van der Waals surface area contributed by atoms with Crippen molar-refractivity contribution >= 4 is 17.5 Å². The Morgan fingerprint density at radius 1 is 1.25 bits per heavy atom. The maximum absolute atomic E-state index is 11.3. The number of Topliss-reactive ketones (excluding diaryl/α,β-unsaturated/α-hetero) is 2. The van der Waals surface area contributed by atoms with Gasteiger partial charge in [-0.2, -0.15) is 0 Å². The van der Waals surface area contributed by atoms with Gasteiger partial charge in [-0.15, -0.1) is 0 Å². The Bertz CT molecular complexity index is 439. The summed E-state index contributed by atoms with van der Waals surface area (Å²) in [5.74, 6) is -3.11. The van der Waals surface area contributed by atoms with E-state index in [2.05, 4.69) is 4.98 Å². The van der Waals surface area contributed by atoms with Crippen molar-refractivity contribution in [2.75, 3.05) is 0 Å². The van der Waals surface area contributed by atoms with Gasteiger partial charge in [0.2, 0.25) is 0 Å². The van der Waals surface area contributed by atoms with E-state index in [9.17, 15) is 14.4 Å². The molecule has 0 aromatic carbocycles. The van der Waals surface area contributed by atoms with Gasteiger partial charge in [-0.3, -0.25) is 14.6 Å². The van der Waals surface area contributed by atoms with Gasteiger partial charge in [0, 0.05) is 6.20 Å². The van der Waals surface area contributed by atoms with Crippen molar-refractivity contribution in [2.24, 2.45) is 0 Å². The minimum Gasteiger partial charge on any atom is -0.478 e. The standard InChI is InChI=1S/C11H11NO4/c1-6(13)9(7(2)14)10-8(11(15)16)4-3-5-12-10/h3-5,9H,1-2H3,(H,15,16). The highest BCUT2D eigenvalue weighted by molar-refractivity contribution is 6.07. The van der Waals surface area contributed by atoms with Crippen molar-refractivity contribution in [3.05, 3.63) is 29.6 Å². The second kappa shape index (κ2) is 4.65. The van der Waals surface area contributed by atoms with E-state index in [-0.39, 0.29) is 11.3 Å². The number of rotatable bonds is 4. The molecule has 16 heavy (non-hydrogen) atoms. The number of ketones is 2. The lowest BCUT2D eigenvalue weighted by Gasteiger charge is -2.11. The zero-order valence-corrected chi connectivity index (χ0v) is 8.93. The van der Waals surface area contributed by atoms with E-state index in [0.717, 1.165) is 0 Å². The van der Waals surface area contributed by atoms with Gasteiger partial charge in [-0.25, -0.2) is 4.79 Å². The van der Waals surface area contributed by atoms with Gasteiger partial charge in [-0.1, -0.05) is 0 Å². The Labute approximate surface area is 92.1 Å². The number of hydrogen-bond acceptors (Lipinski definition) is 4. The van der Waals surface area contributed by atoms with Crippen LogP contribution in [0.1, 0.15) is 35.8 Å². The molecule has 0 saturated carbocycles. The number of pyridine rings is 1. The highest BCUT2D eigenvalue weighted by Gasteiger charge is 2.27. The van der Waals surface area contributed by atoms with Crippen LogP contribution in [-0.4, -0.2) is 27.6 Å². The second-order valence-corrected chi connectivity index (χ2v) is 3.40. The minimum absolute atomic E-state index is 0.00926. The number of carbonyl (C=O) groups is 3. The monoisotopic (exact) mass is 221 g/mol. The number of nitrogens with zero attached hydrogens (tertiary/aromatic N) is 1. The molecule has 1 heterocycles. The van der Waals surface area contributed by atoms with Crippen LogP contribution in [-0.2, 0) is 9.59 Å². The average molecular weight is 221 g/mol. The summed E-state index contributed by atoms with van der Waals surface area (Å²) in [6.45, 7) is 2.48. The highest BCUT2D eigenvalue weighted by Crippen LogP contribution is 2.19. The Hall–Kier alpha value is -2.04. The molecule has 0 saturated heterocycles. The Balaban J connectivity index is 3.35. The topological polar surface area (TPSA) is 84.3 Å². The maximum atomic E-state index is 11.3. The smallest absolute Gasteiger partial charge is 0.337 e. The van der Waals surface area contributed by atoms with Crippen LogP contribution in [0.25, 0.3) is 0 Å². The molecule has 0 bridgehead atoms. The van der Waals surface area contributed by atoms with Crippen molar-refractivity contribution in [3.8, 4) is 0 Å². The number of hydrogen-bond donors (Lipinski definition) is 1. The third-order valence-electron chi connectivity index (χ3n) is 2.16. The summed E-state index contributed by atoms with van der Waals surface area (Å²) < 4.78 is 0. The zero-order valence-electron chi connectivity index (χ0n) is 8.93. The number of aromatic nitrogens is 1. The normalized spacial score (nSPS) is 10.2. The molecule has 0 amide bonds. The zero-order chi connectivity index (χ0) is 12.3. The second-order valence-electron chi connectivity index (χ2n) is 3.40. The predicted molar refractivity (Wildman–Crippen MR) is 55.3 cm³/mol. The van der Waals surface area contributed by atoms with Crippen LogP contribution < -0.4 is 0 Å². The molecule has 1 N–H and O–H groups in total. The van der Waals surface area contributed by atoms with Crippen LogP contribution in [0, 0.1) is 0 Å². The molecule has 0 atom stereocenters. The molecule has 5 heteroatoms. The lowest BCUT2D eigenvalue weighted by atomic mass is 9.93. The van der Waals surface area contributed by atoms with E-state index < -0.39 is 23.5 Å². The number of carboxylic acids is 1. The molecule has 84 valence electrons. The fraction of sp³-hybridized carbons (Fsp3) is 0.273. The van der Waals surface area contributed by atoms with Gasteiger partial charge in [0.1, 0.15) is 17.5 Å². The molecular formula is C11H11NO4. The minimum atomic E-state index is -1.20. The summed E-state index contributed by atoms with van der Waals surface area (Å²) in [4.78, 5) is 37.3. The first-order chi connectivity index (χ1) is 7.45. The maximum Gasteiger partial charge on any atom is 0.337 e. The molecule has 0 aliphatic heterocycles. The summed E-state index contributed by atoms with van der Waals surface area (Å²) in [7, 11) is 0. The number of carbonyl (C=O) groups excluding carboxylic acids is 2. The molecule has 0 radical (unpaired) electrons. The van der Waals surface area contributed by atoms with Gasteiger partial charge in [0.15, 0.2) is 0 Å². The molecule has 0 aliphatic rings. The predicted octanol–water partition coefficient (Wildman–Crippen LogP) is 1.04. The Morgan fingerprint density at radius 2 is 1.81 bits per heavy atom. The summed E-state index contributed by atoms with van der Waals surface area (Å²) >= 11 is 0. The molecule has 1 aromatic rings. The lowest BCUT2D eigenvalue weighted by molar-refractivity contribution is -0.126. The van der Waals surface area contributed by atoms with E-state index in [1.54, 1.807) is 0 Å². The summed E-state index contributed by atoms with van der Waals surface area (Å²) in [6, 6.07) is 2.77. The lowest BCUT2D eigenvalue weighted by Crippen LogP contribution is -2.21. The summed E-state index contributed by atoms with van der Waals surface area (Å²) in [5, 5.41) is 8.92. The summed E-state index contributed by atoms with van der Waals surface area (Å²) in [5.41, 5.74) is -0.104. The van der Waals surface area contributed by atoms with Gasteiger partial charge in [0.05, 0.1) is 11.3 Å². The van der Waals surface area contributed by atoms with Gasteiger partial charge >= 0.3 is 5.97 Å². The fourth-order valence-corrected chi connectivity index (χ4v) is 1.50. The highest BCUT2D eigenvalue weighted by atomic mass is 16.4. The quantitative estimate of drug-likeness (QED) is 0.768. The van der Waals surface area contributed by atoms with Crippen LogP contribution in [0.2, 0.25) is 0 Å². The number of carboxylic acid groups (broad SMARTS) is 1. The molecule has 0 spiro atoms. The molecule has 0 unspecified atom stereocenters. The number of aromatic carboxylic acids is 1. The van der Waals surface area contributed by atoms with Crippen molar-refractivity contribution in [1.82, 2.24) is 4.98 Å². The van der Waals surface area contributed by atoms with Crippen molar-refractivity contribution in [1.29, 1.82) is 0 Å². The first kappa shape index (κ1) is 12.0. The Morgan fingerprint density at radius 3 is 2.25 bits per heavy atom. The van der Waals surface area contributed by atoms with Crippen LogP contribution >= 0.6 is 0 Å². The van der Waals surface area contributed by atoms with Crippen LogP contribution in [0.4, 0.5) is 0 Å².